The fraction of sp³-hybridized carbons (Fsp3) is 0.333. The topological polar surface area (TPSA) is 156 Å². The van der Waals surface area contributed by atoms with Gasteiger partial charge in [0, 0.05) is 0 Å². The first-order valence-electron chi connectivity index (χ1n) is 7.37. The van der Waals surface area contributed by atoms with E-state index in [-0.39, 0.29) is 11.5 Å². The number of nitrogens with zero attached hydrogens (tertiary/aromatic N) is 4. The third-order valence-electron chi connectivity index (χ3n) is 4.09. The Morgan fingerprint density at radius 1 is 1.58 bits per heavy atom. The van der Waals surface area contributed by atoms with Crippen LogP contribution >= 0.6 is 0 Å². The van der Waals surface area contributed by atoms with Crippen molar-refractivity contribution in [1.82, 2.24) is 14.6 Å². The number of aromatic nitrogens is 3. The van der Waals surface area contributed by atoms with E-state index in [1.54, 1.807) is 0 Å². The van der Waals surface area contributed by atoms with Gasteiger partial charge in [0.25, 0.3) is 0 Å². The average molecular weight is 363 g/mol. The van der Waals surface area contributed by atoms with Gasteiger partial charge in [-0.3, -0.25) is 0 Å². The first-order valence-corrected chi connectivity index (χ1v) is 7.37. The van der Waals surface area contributed by atoms with Crippen LogP contribution < -0.4 is 5.73 Å². The molecule has 0 saturated carbocycles. The number of nitrogens with two attached hydrogens (primary N) is 1. The van der Waals surface area contributed by atoms with Gasteiger partial charge in [-0.2, -0.15) is 14.8 Å². The molecule has 2 aromatic heterocycles. The lowest BCUT2D eigenvalue weighted by atomic mass is 9.92. The van der Waals surface area contributed by atoms with Gasteiger partial charge in [0.2, 0.25) is 11.4 Å². The van der Waals surface area contributed by atoms with Gasteiger partial charge in [0.1, 0.15) is 42.8 Å². The zero-order valence-corrected chi connectivity index (χ0v) is 13.2. The summed E-state index contributed by atoms with van der Waals surface area (Å²) in [6, 6.07) is 4.79. The fourth-order valence-electron chi connectivity index (χ4n) is 2.79. The number of rotatable bonds is 4. The molecule has 0 amide bonds. The number of halogens is 1. The number of hydrogen-bond acceptors (Lipinski definition) is 9. The smallest absolute Gasteiger partial charge is 0.366 e. The second-order valence-electron chi connectivity index (χ2n) is 5.60. The number of carbonyl (C=O) groups excluding carboxylic acids is 1. The van der Waals surface area contributed by atoms with E-state index >= 15 is 0 Å². The zero-order chi connectivity index (χ0) is 19.1. The molecule has 0 radical (unpaired) electrons. The van der Waals surface area contributed by atoms with Crippen LogP contribution in [0.25, 0.3) is 5.52 Å². The van der Waals surface area contributed by atoms with Crippen molar-refractivity contribution in [1.29, 1.82) is 5.26 Å². The van der Waals surface area contributed by atoms with Crippen LogP contribution in [0.3, 0.4) is 0 Å². The van der Waals surface area contributed by atoms with Crippen LogP contribution in [0.2, 0.25) is 0 Å². The van der Waals surface area contributed by atoms with Crippen LogP contribution in [-0.4, -0.2) is 55.7 Å². The molecule has 2 aromatic rings. The van der Waals surface area contributed by atoms with Crippen LogP contribution in [-0.2, 0) is 19.9 Å². The highest BCUT2D eigenvalue weighted by Crippen LogP contribution is 2.40. The molecule has 10 nitrogen and oxygen atoms in total. The lowest BCUT2D eigenvalue weighted by Gasteiger charge is -2.24. The summed E-state index contributed by atoms with van der Waals surface area (Å²) in [6.07, 6.45) is -3.40. The Bertz CT molecular complexity index is 925. The molecule has 0 aromatic carbocycles. The summed E-state index contributed by atoms with van der Waals surface area (Å²) >= 11 is 0. The highest BCUT2D eigenvalue weighted by atomic mass is 19.1. The summed E-state index contributed by atoms with van der Waals surface area (Å²) < 4.78 is 24.1. The lowest BCUT2D eigenvalue weighted by molar-refractivity contribution is -0.147. The zero-order valence-electron chi connectivity index (χ0n) is 13.2. The highest BCUT2D eigenvalue weighted by Gasteiger charge is 2.57. The minimum Gasteiger partial charge on any atom is -0.458 e. The van der Waals surface area contributed by atoms with Crippen LogP contribution in [0, 0.1) is 11.3 Å². The van der Waals surface area contributed by atoms with Crippen molar-refractivity contribution in [2.24, 2.45) is 0 Å². The molecule has 3 heterocycles. The Balaban J connectivity index is 1.96. The van der Waals surface area contributed by atoms with E-state index in [1.807, 2.05) is 6.07 Å². The number of nitriles is 1. The third kappa shape index (κ3) is 2.57. The Morgan fingerprint density at radius 2 is 2.31 bits per heavy atom. The molecule has 1 saturated heterocycles. The number of aliphatic hydroxyl groups is 2. The Labute approximate surface area is 145 Å². The summed E-state index contributed by atoms with van der Waals surface area (Å²) in [5.41, 5.74) is 4.19. The molecule has 1 aliphatic heterocycles. The van der Waals surface area contributed by atoms with Crippen molar-refractivity contribution in [2.75, 3.05) is 12.3 Å². The highest BCUT2D eigenvalue weighted by molar-refractivity contribution is 5.85. The summed E-state index contributed by atoms with van der Waals surface area (Å²) in [5.74, 6) is -2.52. The number of hydrogen-bond donors (Lipinski definition) is 3. The molecule has 4 atom stereocenters. The predicted octanol–water partition coefficient (Wildman–Crippen LogP) is -0.823. The summed E-state index contributed by atoms with van der Waals surface area (Å²) in [4.78, 5) is 15.0. The number of carbonyl (C=O) groups is 1. The average Bonchev–Trinajstić information content (AvgIpc) is 3.15. The molecule has 11 heteroatoms. The first-order chi connectivity index (χ1) is 12.3. The van der Waals surface area contributed by atoms with Gasteiger partial charge in [-0.15, -0.1) is 0 Å². The maximum Gasteiger partial charge on any atom is 0.366 e. The number of nitrogen functional groups attached to an aromatic ring is 1. The largest absolute Gasteiger partial charge is 0.458 e. The molecule has 4 N–H and O–H groups in total. The van der Waals surface area contributed by atoms with E-state index in [4.69, 9.17) is 10.5 Å². The quantitative estimate of drug-likeness (QED) is 0.466. The summed E-state index contributed by atoms with van der Waals surface area (Å²) in [6.45, 7) is 2.19. The molecular weight excluding hydrogens is 349 g/mol. The second-order valence-corrected chi connectivity index (χ2v) is 5.60. The van der Waals surface area contributed by atoms with Crippen molar-refractivity contribution in [3.63, 3.8) is 0 Å². The van der Waals surface area contributed by atoms with E-state index in [9.17, 15) is 24.7 Å². The molecule has 0 unspecified atom stereocenters. The monoisotopic (exact) mass is 363 g/mol. The molecule has 136 valence electrons. The Kier molecular flexibility index (Phi) is 4.33. The molecule has 1 fully saturated rings. The first kappa shape index (κ1) is 17.7. The van der Waals surface area contributed by atoms with Gasteiger partial charge in [-0.25, -0.2) is 14.3 Å². The Hall–Kier alpha value is -3.07. The van der Waals surface area contributed by atoms with E-state index in [0.29, 0.717) is 5.52 Å². The van der Waals surface area contributed by atoms with Gasteiger partial charge in [-0.1, -0.05) is 6.58 Å². The van der Waals surface area contributed by atoms with Gasteiger partial charge < -0.3 is 25.4 Å². The SMILES string of the molecule is C=C(F)C(=O)OC[C@H]1O[C@@](C#N)(c2ccc3c(N)ncnn23)[C@H](O)[C@@H]1O. The van der Waals surface area contributed by atoms with Crippen LogP contribution in [0.15, 0.2) is 30.9 Å². The van der Waals surface area contributed by atoms with Gasteiger partial charge in [0.05, 0.1) is 5.69 Å². The van der Waals surface area contributed by atoms with Crippen molar-refractivity contribution >= 4 is 17.3 Å². The Morgan fingerprint density at radius 3 is 2.96 bits per heavy atom. The molecule has 1 aliphatic rings. The third-order valence-corrected chi connectivity index (χ3v) is 4.09. The molecular formula is C15H14FN5O5. The number of fused-ring (bicyclic) bond motifs is 1. The van der Waals surface area contributed by atoms with Crippen molar-refractivity contribution < 1.29 is 28.9 Å². The van der Waals surface area contributed by atoms with E-state index < -0.39 is 42.3 Å². The van der Waals surface area contributed by atoms with E-state index in [2.05, 4.69) is 21.4 Å². The maximum atomic E-state index is 12.7. The van der Waals surface area contributed by atoms with Crippen LogP contribution in [0.5, 0.6) is 0 Å². The van der Waals surface area contributed by atoms with E-state index in [0.717, 1.165) is 6.33 Å². The molecule has 3 rings (SSSR count). The van der Waals surface area contributed by atoms with Gasteiger partial charge in [-0.05, 0) is 12.1 Å². The number of esters is 1. The predicted molar refractivity (Wildman–Crippen MR) is 82.8 cm³/mol. The van der Waals surface area contributed by atoms with Crippen LogP contribution in [0.4, 0.5) is 10.2 Å². The minimum atomic E-state index is -2.02. The molecule has 0 spiro atoms. The maximum absolute atomic E-state index is 12.7. The number of aliphatic hydroxyl groups excluding tert-OH is 2. The summed E-state index contributed by atoms with van der Waals surface area (Å²) in [7, 11) is 0. The fourth-order valence-corrected chi connectivity index (χ4v) is 2.79. The van der Waals surface area contributed by atoms with Crippen molar-refractivity contribution in [3.8, 4) is 6.07 Å². The van der Waals surface area contributed by atoms with Crippen LogP contribution in [0.1, 0.15) is 5.69 Å². The lowest BCUT2D eigenvalue weighted by Crippen LogP contribution is -2.41. The molecule has 0 bridgehead atoms. The van der Waals surface area contributed by atoms with E-state index in [1.165, 1.54) is 16.6 Å². The minimum absolute atomic E-state index is 0.0966. The normalized spacial score (nSPS) is 28.0. The number of anilines is 1. The standard InChI is InChI=1S/C15H14FN5O5/c1-7(16)14(24)25-4-9-11(22)12(23)15(5-17,26-9)10-3-2-8-13(18)19-6-20-21(8)10/h2-3,6,9,11-12,22-23H,1,4H2,(H2,18,19,20)/t9-,11-,12-,15+/m1/s1. The second kappa shape index (κ2) is 6.34. The summed E-state index contributed by atoms with van der Waals surface area (Å²) in [5, 5.41) is 34.3. The number of ether oxygens (including phenoxy) is 2. The van der Waals surface area contributed by atoms with Crippen molar-refractivity contribution in [2.45, 2.75) is 23.9 Å². The van der Waals surface area contributed by atoms with Gasteiger partial charge in [0.15, 0.2) is 5.82 Å². The molecule has 26 heavy (non-hydrogen) atoms. The van der Waals surface area contributed by atoms with Gasteiger partial charge >= 0.3 is 5.97 Å². The van der Waals surface area contributed by atoms with Crippen molar-refractivity contribution in [3.05, 3.63) is 36.6 Å². The molecule has 0 aliphatic carbocycles.